The van der Waals surface area contributed by atoms with Gasteiger partial charge in [-0.1, -0.05) is 6.07 Å². The number of nitrogens with zero attached hydrogens (tertiary/aromatic N) is 1. The number of ether oxygens (including phenoxy) is 1. The van der Waals surface area contributed by atoms with E-state index in [2.05, 4.69) is 4.74 Å². The predicted octanol–water partition coefficient (Wildman–Crippen LogP) is 2.25. The van der Waals surface area contributed by atoms with Crippen LogP contribution in [0.1, 0.15) is 21.9 Å². The van der Waals surface area contributed by atoms with Crippen molar-refractivity contribution in [2.45, 2.75) is 13.5 Å². The third-order valence-electron chi connectivity index (χ3n) is 3.51. The number of benzene rings is 1. The lowest BCUT2D eigenvalue weighted by Crippen LogP contribution is -2.37. The number of carbonyl (C=O) groups excluding carboxylic acids is 3. The van der Waals surface area contributed by atoms with Crippen molar-refractivity contribution in [3.8, 4) is 0 Å². The maximum Gasteiger partial charge on any atom is 0.341 e. The van der Waals surface area contributed by atoms with E-state index < -0.39 is 35.1 Å². The number of nitrogens with one attached hydrogen (secondary N) is 1. The monoisotopic (exact) mass is 366 g/mol. The molecule has 138 valence electrons. The Morgan fingerprint density at radius 3 is 2.42 bits per heavy atom. The first-order chi connectivity index (χ1) is 12.2. The summed E-state index contributed by atoms with van der Waals surface area (Å²) in [5.41, 5.74) is -0.512. The molecule has 2 amide bonds. The Bertz CT molecular complexity index is 843. The van der Waals surface area contributed by atoms with E-state index in [1.165, 1.54) is 20.2 Å². The summed E-state index contributed by atoms with van der Waals surface area (Å²) < 4.78 is 37.0. The van der Waals surface area contributed by atoms with E-state index in [0.717, 1.165) is 23.1 Å². The molecule has 0 radical (unpaired) electrons. The van der Waals surface area contributed by atoms with Crippen LogP contribution in [-0.2, 0) is 20.9 Å². The molecule has 2 rings (SSSR count). The number of carbonyl (C=O) groups is 3. The molecule has 7 nitrogen and oxygen atoms in total. The van der Waals surface area contributed by atoms with Crippen LogP contribution in [0.5, 0.6) is 0 Å². The van der Waals surface area contributed by atoms with Gasteiger partial charge in [-0.05, 0) is 25.1 Å². The standard InChI is InChI=1S/C17H16F2N2O5/c1-9-11(17(24)25-3)7-10(26-9)8-21(2)16(23)15(22)20-14-12(18)5-4-6-13(14)19/h4-7H,8H2,1-3H3,(H,20,22). The molecule has 0 bridgehead atoms. The van der Waals surface area contributed by atoms with Crippen LogP contribution in [-0.4, -0.2) is 36.8 Å². The van der Waals surface area contributed by atoms with Crippen molar-refractivity contribution in [1.82, 2.24) is 4.90 Å². The molecular formula is C17H16F2N2O5. The lowest BCUT2D eigenvalue weighted by atomic mass is 10.2. The van der Waals surface area contributed by atoms with Crippen LogP contribution in [0.3, 0.4) is 0 Å². The molecule has 0 spiro atoms. The van der Waals surface area contributed by atoms with Gasteiger partial charge in [0.2, 0.25) is 0 Å². The number of methoxy groups -OCH3 is 1. The third-order valence-corrected chi connectivity index (χ3v) is 3.51. The quantitative estimate of drug-likeness (QED) is 0.662. The van der Waals surface area contributed by atoms with Gasteiger partial charge < -0.3 is 19.4 Å². The molecule has 26 heavy (non-hydrogen) atoms. The minimum atomic E-state index is -1.21. The van der Waals surface area contributed by atoms with Gasteiger partial charge in [-0.25, -0.2) is 13.6 Å². The van der Waals surface area contributed by atoms with Crippen LogP contribution in [0.15, 0.2) is 28.7 Å². The van der Waals surface area contributed by atoms with E-state index in [0.29, 0.717) is 5.76 Å². The van der Waals surface area contributed by atoms with Gasteiger partial charge >= 0.3 is 17.8 Å². The van der Waals surface area contributed by atoms with Gasteiger partial charge in [0, 0.05) is 7.05 Å². The van der Waals surface area contributed by atoms with E-state index in [-0.39, 0.29) is 17.9 Å². The van der Waals surface area contributed by atoms with E-state index >= 15 is 0 Å². The summed E-state index contributed by atoms with van der Waals surface area (Å²) >= 11 is 0. The van der Waals surface area contributed by atoms with Crippen molar-refractivity contribution in [1.29, 1.82) is 0 Å². The van der Waals surface area contributed by atoms with Gasteiger partial charge in [0.25, 0.3) is 0 Å². The summed E-state index contributed by atoms with van der Waals surface area (Å²) in [5, 5.41) is 1.90. The van der Waals surface area contributed by atoms with Gasteiger partial charge in [0.05, 0.1) is 13.7 Å². The highest BCUT2D eigenvalue weighted by Crippen LogP contribution is 2.19. The molecule has 0 unspecified atom stereocenters. The number of hydrogen-bond acceptors (Lipinski definition) is 5. The summed E-state index contributed by atoms with van der Waals surface area (Å²) in [6.45, 7) is 1.41. The molecular weight excluding hydrogens is 350 g/mol. The van der Waals surface area contributed by atoms with Crippen LogP contribution >= 0.6 is 0 Å². The number of halogens is 2. The van der Waals surface area contributed by atoms with Crippen LogP contribution in [0.25, 0.3) is 0 Å². The smallest absolute Gasteiger partial charge is 0.341 e. The van der Waals surface area contributed by atoms with Crippen molar-refractivity contribution in [3.05, 3.63) is 53.0 Å². The van der Waals surface area contributed by atoms with Gasteiger partial charge in [-0.3, -0.25) is 9.59 Å². The summed E-state index contributed by atoms with van der Waals surface area (Å²) in [6, 6.07) is 4.42. The Balaban J connectivity index is 2.07. The molecule has 0 atom stereocenters. The fourth-order valence-corrected chi connectivity index (χ4v) is 2.20. The first-order valence-corrected chi connectivity index (χ1v) is 7.42. The van der Waals surface area contributed by atoms with Crippen molar-refractivity contribution in [2.24, 2.45) is 0 Å². The Morgan fingerprint density at radius 2 is 1.85 bits per heavy atom. The number of rotatable bonds is 4. The average molecular weight is 366 g/mol. The molecule has 1 heterocycles. The molecule has 0 fully saturated rings. The number of amides is 2. The second-order valence-electron chi connectivity index (χ2n) is 5.39. The lowest BCUT2D eigenvalue weighted by molar-refractivity contribution is -0.142. The summed E-state index contributed by atoms with van der Waals surface area (Å²) in [7, 11) is 2.52. The summed E-state index contributed by atoms with van der Waals surface area (Å²) in [5.74, 6) is -4.32. The molecule has 1 N–H and O–H groups in total. The highest BCUT2D eigenvalue weighted by Gasteiger charge is 2.23. The van der Waals surface area contributed by atoms with Crippen LogP contribution in [0, 0.1) is 18.6 Å². The predicted molar refractivity (Wildman–Crippen MR) is 86.2 cm³/mol. The Labute approximate surface area is 147 Å². The Hall–Kier alpha value is -3.23. The van der Waals surface area contributed by atoms with Crippen molar-refractivity contribution < 1.29 is 32.3 Å². The normalized spacial score (nSPS) is 10.3. The van der Waals surface area contributed by atoms with E-state index in [9.17, 15) is 23.2 Å². The zero-order valence-electron chi connectivity index (χ0n) is 14.3. The fourth-order valence-electron chi connectivity index (χ4n) is 2.20. The van der Waals surface area contributed by atoms with Crippen molar-refractivity contribution in [2.75, 3.05) is 19.5 Å². The van der Waals surface area contributed by atoms with E-state index in [4.69, 9.17) is 4.42 Å². The van der Waals surface area contributed by atoms with E-state index in [1.807, 2.05) is 5.32 Å². The molecule has 2 aromatic rings. The third kappa shape index (κ3) is 4.05. The minimum Gasteiger partial charge on any atom is -0.465 e. The fraction of sp³-hybridized carbons (Fsp3) is 0.235. The first-order valence-electron chi connectivity index (χ1n) is 7.42. The number of furan rings is 1. The first kappa shape index (κ1) is 19.1. The number of aryl methyl sites for hydroxylation is 1. The van der Waals surface area contributed by atoms with Crippen LogP contribution < -0.4 is 5.32 Å². The van der Waals surface area contributed by atoms with Gasteiger partial charge in [0.1, 0.15) is 34.4 Å². The van der Waals surface area contributed by atoms with Crippen LogP contribution in [0.4, 0.5) is 14.5 Å². The molecule has 0 saturated carbocycles. The highest BCUT2D eigenvalue weighted by molar-refractivity contribution is 6.39. The molecule has 0 aliphatic carbocycles. The number of anilines is 1. The maximum absolute atomic E-state index is 13.5. The van der Waals surface area contributed by atoms with Gasteiger partial charge in [0.15, 0.2) is 0 Å². The number of hydrogen-bond donors (Lipinski definition) is 1. The number of likely N-dealkylation sites (N-methyl/N-ethyl adjacent to an activating group) is 1. The average Bonchev–Trinajstić information content (AvgIpc) is 2.96. The largest absolute Gasteiger partial charge is 0.465 e. The number of esters is 1. The molecule has 0 aliphatic rings. The summed E-state index contributed by atoms with van der Waals surface area (Å²) in [4.78, 5) is 36.6. The minimum absolute atomic E-state index is 0.135. The highest BCUT2D eigenvalue weighted by atomic mass is 19.1. The van der Waals surface area contributed by atoms with Crippen molar-refractivity contribution >= 4 is 23.5 Å². The zero-order valence-corrected chi connectivity index (χ0v) is 14.3. The number of para-hydroxylation sites is 1. The van der Waals surface area contributed by atoms with Crippen LogP contribution in [0.2, 0.25) is 0 Å². The molecule has 0 saturated heterocycles. The lowest BCUT2D eigenvalue weighted by Gasteiger charge is -2.15. The second kappa shape index (κ2) is 7.77. The van der Waals surface area contributed by atoms with Crippen molar-refractivity contribution in [3.63, 3.8) is 0 Å². The molecule has 0 aliphatic heterocycles. The van der Waals surface area contributed by atoms with Gasteiger partial charge in [-0.2, -0.15) is 0 Å². The molecule has 1 aromatic heterocycles. The van der Waals surface area contributed by atoms with Gasteiger partial charge in [-0.15, -0.1) is 0 Å². The maximum atomic E-state index is 13.5. The molecule has 9 heteroatoms. The van der Waals surface area contributed by atoms with E-state index in [1.54, 1.807) is 6.92 Å². The zero-order chi connectivity index (χ0) is 19.4. The topological polar surface area (TPSA) is 88.8 Å². The molecule has 1 aromatic carbocycles. The second-order valence-corrected chi connectivity index (χ2v) is 5.39. The SMILES string of the molecule is COC(=O)c1cc(CN(C)C(=O)C(=O)Nc2c(F)cccc2F)oc1C. The summed E-state index contributed by atoms with van der Waals surface area (Å²) in [6.07, 6.45) is 0. The Kier molecular flexibility index (Phi) is 5.71. The Morgan fingerprint density at radius 1 is 1.23 bits per heavy atom.